The number of aryl methyl sites for hydroxylation is 1. The molecule has 14 heteroatoms. The number of aromatic nitrogens is 4. The lowest BCUT2D eigenvalue weighted by Crippen LogP contribution is -2.39. The maximum atomic E-state index is 13.4. The lowest BCUT2D eigenvalue weighted by atomic mass is 10.1. The van der Waals surface area contributed by atoms with E-state index < -0.39 is 28.5 Å². The average molecular weight is 575 g/mol. The van der Waals surface area contributed by atoms with Crippen molar-refractivity contribution in [3.8, 4) is 11.3 Å². The molecule has 0 unspecified atom stereocenters. The number of aromatic amines is 1. The van der Waals surface area contributed by atoms with Gasteiger partial charge >= 0.3 is 12.2 Å². The number of nitrogens with one attached hydrogen (secondary N) is 4. The van der Waals surface area contributed by atoms with E-state index >= 15 is 0 Å². The second-order valence-corrected chi connectivity index (χ2v) is 9.53. The van der Waals surface area contributed by atoms with Crippen LogP contribution < -0.4 is 16.0 Å². The Kier molecular flexibility index (Phi) is 8.05. The van der Waals surface area contributed by atoms with Gasteiger partial charge in [-0.3, -0.25) is 10.00 Å². The fourth-order valence-electron chi connectivity index (χ4n) is 4.45. The fraction of sp³-hybridized carbons (Fsp3) is 0.308. The first kappa shape index (κ1) is 27.6. The van der Waals surface area contributed by atoms with Crippen molar-refractivity contribution < 1.29 is 22.7 Å². The molecule has 40 heavy (non-hydrogen) atoms. The van der Waals surface area contributed by atoms with Gasteiger partial charge in [0.25, 0.3) is 0 Å². The van der Waals surface area contributed by atoms with Crippen molar-refractivity contribution >= 4 is 46.0 Å². The molecule has 0 radical (unpaired) electrons. The number of fused-ring (bicyclic) bond motifs is 1. The van der Waals surface area contributed by atoms with Crippen LogP contribution in [0.25, 0.3) is 22.3 Å². The summed E-state index contributed by atoms with van der Waals surface area (Å²) in [4.78, 5) is 23.9. The first-order valence-electron chi connectivity index (χ1n) is 12.5. The number of amides is 2. The third-order valence-electron chi connectivity index (χ3n) is 6.38. The number of alkyl halides is 3. The highest BCUT2D eigenvalue weighted by Gasteiger charge is 2.36. The number of halogens is 4. The Morgan fingerprint density at radius 2 is 1.85 bits per heavy atom. The number of carbonyl (C=O) groups excluding carboxylic acids is 1. The molecule has 0 bridgehead atoms. The first-order valence-corrected chi connectivity index (χ1v) is 12.9. The molecule has 0 saturated carbocycles. The van der Waals surface area contributed by atoms with Gasteiger partial charge in [0.15, 0.2) is 5.65 Å². The van der Waals surface area contributed by atoms with Crippen molar-refractivity contribution in [1.29, 1.82) is 0 Å². The van der Waals surface area contributed by atoms with Crippen molar-refractivity contribution in [2.75, 3.05) is 55.3 Å². The number of carbonyl (C=O) groups is 1. The zero-order valence-corrected chi connectivity index (χ0v) is 22.2. The lowest BCUT2D eigenvalue weighted by Gasteiger charge is -2.26. The molecule has 1 fully saturated rings. The number of benzene rings is 2. The van der Waals surface area contributed by atoms with Crippen molar-refractivity contribution in [1.82, 2.24) is 25.1 Å². The summed E-state index contributed by atoms with van der Waals surface area (Å²) < 4.78 is 45.5. The van der Waals surface area contributed by atoms with Gasteiger partial charge in [0, 0.05) is 37.4 Å². The molecule has 1 aliphatic rings. The van der Waals surface area contributed by atoms with Gasteiger partial charge in [-0.15, -0.1) is 0 Å². The van der Waals surface area contributed by atoms with Crippen LogP contribution in [0.1, 0.15) is 11.3 Å². The van der Waals surface area contributed by atoms with Crippen LogP contribution in [-0.4, -0.2) is 70.5 Å². The quantitative estimate of drug-likeness (QED) is 0.234. The van der Waals surface area contributed by atoms with Gasteiger partial charge in [-0.2, -0.15) is 23.3 Å². The van der Waals surface area contributed by atoms with E-state index in [4.69, 9.17) is 16.3 Å². The van der Waals surface area contributed by atoms with Crippen LogP contribution in [0.2, 0.25) is 5.02 Å². The van der Waals surface area contributed by atoms with Crippen LogP contribution in [0.3, 0.4) is 0 Å². The molecule has 10 nitrogen and oxygen atoms in total. The third kappa shape index (κ3) is 6.27. The van der Waals surface area contributed by atoms with E-state index in [0.29, 0.717) is 29.5 Å². The van der Waals surface area contributed by atoms with Crippen LogP contribution in [-0.2, 0) is 10.9 Å². The molecular weight excluding hydrogens is 549 g/mol. The van der Waals surface area contributed by atoms with E-state index in [2.05, 4.69) is 41.0 Å². The Morgan fingerprint density at radius 3 is 2.58 bits per heavy atom. The molecule has 0 atom stereocenters. The lowest BCUT2D eigenvalue weighted by molar-refractivity contribution is -0.136. The highest BCUT2D eigenvalue weighted by molar-refractivity contribution is 6.32. The molecular formula is C26H26ClF3N8O2. The molecule has 2 amide bonds. The molecule has 2 aromatic carbocycles. The first-order chi connectivity index (χ1) is 19.2. The van der Waals surface area contributed by atoms with E-state index in [1.165, 1.54) is 6.07 Å². The van der Waals surface area contributed by atoms with Crippen LogP contribution in [0, 0.1) is 6.92 Å². The van der Waals surface area contributed by atoms with Crippen LogP contribution in [0.4, 0.5) is 35.3 Å². The molecule has 4 aromatic rings. The maximum absolute atomic E-state index is 13.4. The van der Waals surface area contributed by atoms with Gasteiger partial charge in [-0.25, -0.2) is 9.78 Å². The standard InChI is InChI=1S/C26H26ClF3N8O2/c1-15-20-22(36-37-23(20)35-24(32-15)31-9-10-38-11-13-40-14-12-38)16-5-7-17(8-6-16)33-25(39)34-19-4-2-3-18(27)21(19)26(28,29)30/h2-8H,9-14H2,1H3,(H2,33,34,39)(H2,31,32,35,36,37). The maximum Gasteiger partial charge on any atom is 0.419 e. The van der Waals surface area contributed by atoms with Gasteiger partial charge in [-0.1, -0.05) is 29.8 Å². The monoisotopic (exact) mass is 574 g/mol. The summed E-state index contributed by atoms with van der Waals surface area (Å²) in [6.07, 6.45) is -4.73. The number of rotatable bonds is 7. The largest absolute Gasteiger partial charge is 0.419 e. The molecule has 1 saturated heterocycles. The Morgan fingerprint density at radius 1 is 1.10 bits per heavy atom. The Labute approximate surface area is 232 Å². The van der Waals surface area contributed by atoms with E-state index in [0.717, 1.165) is 61.6 Å². The van der Waals surface area contributed by atoms with Crippen molar-refractivity contribution in [3.63, 3.8) is 0 Å². The molecule has 1 aliphatic heterocycles. The minimum absolute atomic E-state index is 0.372. The zero-order chi connectivity index (χ0) is 28.3. The number of hydrogen-bond donors (Lipinski definition) is 4. The number of morpholine rings is 1. The molecule has 0 spiro atoms. The molecule has 2 aromatic heterocycles. The summed E-state index contributed by atoms with van der Waals surface area (Å²) in [5.41, 5.74) is 1.52. The van der Waals surface area contributed by atoms with Gasteiger partial charge < -0.3 is 20.7 Å². The summed E-state index contributed by atoms with van der Waals surface area (Å²) >= 11 is 5.72. The highest BCUT2D eigenvalue weighted by atomic mass is 35.5. The van der Waals surface area contributed by atoms with Gasteiger partial charge in [0.05, 0.1) is 40.6 Å². The number of hydrogen-bond acceptors (Lipinski definition) is 7. The van der Waals surface area contributed by atoms with E-state index in [1.54, 1.807) is 24.3 Å². The molecule has 0 aliphatic carbocycles. The molecule has 210 valence electrons. The second kappa shape index (κ2) is 11.7. The topological polar surface area (TPSA) is 120 Å². The molecule has 5 rings (SSSR count). The van der Waals surface area contributed by atoms with E-state index in [1.807, 2.05) is 6.92 Å². The minimum atomic E-state index is -4.73. The normalized spacial score (nSPS) is 14.3. The van der Waals surface area contributed by atoms with E-state index in [9.17, 15) is 18.0 Å². The fourth-order valence-corrected chi connectivity index (χ4v) is 4.73. The van der Waals surface area contributed by atoms with E-state index in [-0.39, 0.29) is 0 Å². The Balaban J connectivity index is 1.25. The number of ether oxygens (including phenoxy) is 1. The van der Waals surface area contributed by atoms with Crippen molar-refractivity contribution in [3.05, 3.63) is 58.7 Å². The summed E-state index contributed by atoms with van der Waals surface area (Å²) in [6.45, 7) is 6.74. The van der Waals surface area contributed by atoms with Crippen LogP contribution in [0.5, 0.6) is 0 Å². The minimum Gasteiger partial charge on any atom is -0.379 e. The number of H-pyrrole nitrogens is 1. The van der Waals surface area contributed by atoms with Gasteiger partial charge in [0.1, 0.15) is 5.69 Å². The van der Waals surface area contributed by atoms with Crippen LogP contribution in [0.15, 0.2) is 42.5 Å². The SMILES string of the molecule is Cc1nc(NCCN2CCOCC2)nc2[nH]nc(-c3ccc(NC(=O)Nc4cccc(Cl)c4C(F)(F)F)cc3)c12. The predicted octanol–water partition coefficient (Wildman–Crippen LogP) is 5.39. The van der Waals surface area contributed by atoms with Crippen molar-refractivity contribution in [2.24, 2.45) is 0 Å². The summed E-state index contributed by atoms with van der Waals surface area (Å²) in [5, 5.41) is 15.6. The van der Waals surface area contributed by atoms with Gasteiger partial charge in [-0.05, 0) is 31.2 Å². The van der Waals surface area contributed by atoms with Gasteiger partial charge in [0.2, 0.25) is 5.95 Å². The van der Waals surface area contributed by atoms with Crippen LogP contribution >= 0.6 is 11.6 Å². The molecule has 4 N–H and O–H groups in total. The summed E-state index contributed by atoms with van der Waals surface area (Å²) in [6, 6.07) is 9.44. The number of nitrogens with zero attached hydrogens (tertiary/aromatic N) is 4. The second-order valence-electron chi connectivity index (χ2n) is 9.13. The van der Waals surface area contributed by atoms with Crippen molar-refractivity contribution in [2.45, 2.75) is 13.1 Å². The average Bonchev–Trinajstić information content (AvgIpc) is 3.34. The highest BCUT2D eigenvalue weighted by Crippen LogP contribution is 2.39. The summed E-state index contributed by atoms with van der Waals surface area (Å²) in [7, 11) is 0. The third-order valence-corrected chi connectivity index (χ3v) is 6.69. The predicted molar refractivity (Wildman–Crippen MR) is 147 cm³/mol. The smallest absolute Gasteiger partial charge is 0.379 e. The number of anilines is 3. The Hall–Kier alpha value is -3.94. The summed E-state index contributed by atoms with van der Waals surface area (Å²) in [5.74, 6) is 0.507. The zero-order valence-electron chi connectivity index (χ0n) is 21.4. The number of urea groups is 1. The Bertz CT molecular complexity index is 1500. The molecule has 3 heterocycles.